The van der Waals surface area contributed by atoms with Crippen molar-refractivity contribution in [3.63, 3.8) is 0 Å². The standard InChI is InChI=1S/C44H29NO/c1-3-13-30(14-4-1)31-23-25-33(26-24-31)45(41-28-27-34(32-15-5-2-6-16-32)35-17-7-8-18-36(35)41)42-29-40-38-20-11-12-22-43(38)46-44(40)39-21-10-9-19-37(39)42/h1-29H. The van der Waals surface area contributed by atoms with Crippen molar-refractivity contribution in [3.05, 3.63) is 176 Å². The van der Waals surface area contributed by atoms with Crippen LogP contribution in [0.1, 0.15) is 0 Å². The molecule has 8 aromatic carbocycles. The first-order valence-corrected chi connectivity index (χ1v) is 15.7. The van der Waals surface area contributed by atoms with Crippen molar-refractivity contribution in [3.8, 4) is 22.3 Å². The zero-order valence-corrected chi connectivity index (χ0v) is 25.1. The van der Waals surface area contributed by atoms with E-state index in [1.165, 1.54) is 33.0 Å². The number of furan rings is 1. The molecule has 0 aliphatic heterocycles. The largest absolute Gasteiger partial charge is 0.455 e. The number of fused-ring (bicyclic) bond motifs is 6. The summed E-state index contributed by atoms with van der Waals surface area (Å²) in [5.74, 6) is 0. The maximum atomic E-state index is 6.49. The highest BCUT2D eigenvalue weighted by atomic mass is 16.3. The van der Waals surface area contributed by atoms with Gasteiger partial charge in [0.15, 0.2) is 0 Å². The van der Waals surface area contributed by atoms with E-state index in [4.69, 9.17) is 4.42 Å². The predicted octanol–water partition coefficient (Wildman–Crippen LogP) is 12.7. The van der Waals surface area contributed by atoms with Gasteiger partial charge in [0.25, 0.3) is 0 Å². The lowest BCUT2D eigenvalue weighted by atomic mass is 9.95. The van der Waals surface area contributed by atoms with Gasteiger partial charge in [0, 0.05) is 32.6 Å². The molecule has 2 heteroatoms. The molecular formula is C44H29NO. The molecule has 0 spiro atoms. The summed E-state index contributed by atoms with van der Waals surface area (Å²) in [4.78, 5) is 2.43. The SMILES string of the molecule is c1ccc(-c2ccc(N(c3ccc(-c4ccccc4)c4ccccc34)c3cc4c5ccccc5oc4c4ccccc34)cc2)cc1. The molecule has 46 heavy (non-hydrogen) atoms. The molecule has 1 heterocycles. The molecule has 0 aliphatic carbocycles. The van der Waals surface area contributed by atoms with Crippen LogP contribution in [0.15, 0.2) is 180 Å². The van der Waals surface area contributed by atoms with Crippen LogP contribution in [0, 0.1) is 0 Å². The van der Waals surface area contributed by atoms with Gasteiger partial charge in [0.1, 0.15) is 11.2 Å². The maximum Gasteiger partial charge on any atom is 0.143 e. The number of benzene rings is 8. The van der Waals surface area contributed by atoms with Gasteiger partial charge in [-0.15, -0.1) is 0 Å². The molecule has 0 saturated heterocycles. The molecule has 9 rings (SSSR count). The van der Waals surface area contributed by atoms with E-state index in [2.05, 4.69) is 175 Å². The van der Waals surface area contributed by atoms with Crippen LogP contribution >= 0.6 is 0 Å². The number of hydrogen-bond acceptors (Lipinski definition) is 2. The van der Waals surface area contributed by atoms with Gasteiger partial charge in [-0.05, 0) is 58.0 Å². The smallest absolute Gasteiger partial charge is 0.143 e. The Labute approximate surface area is 267 Å². The Kier molecular flexibility index (Phi) is 6.17. The van der Waals surface area contributed by atoms with E-state index in [9.17, 15) is 0 Å². The van der Waals surface area contributed by atoms with Crippen molar-refractivity contribution >= 4 is 60.5 Å². The van der Waals surface area contributed by atoms with E-state index in [-0.39, 0.29) is 0 Å². The lowest BCUT2D eigenvalue weighted by molar-refractivity contribution is 0.672. The monoisotopic (exact) mass is 587 g/mol. The normalized spacial score (nSPS) is 11.5. The summed E-state index contributed by atoms with van der Waals surface area (Å²) < 4.78 is 6.49. The fourth-order valence-electron chi connectivity index (χ4n) is 6.90. The van der Waals surface area contributed by atoms with Gasteiger partial charge < -0.3 is 9.32 Å². The van der Waals surface area contributed by atoms with Crippen molar-refractivity contribution in [1.29, 1.82) is 0 Å². The Morgan fingerprint density at radius 2 is 0.891 bits per heavy atom. The zero-order chi connectivity index (χ0) is 30.5. The van der Waals surface area contributed by atoms with Crippen molar-refractivity contribution in [2.24, 2.45) is 0 Å². The van der Waals surface area contributed by atoms with E-state index in [1.54, 1.807) is 0 Å². The molecule has 0 saturated carbocycles. The lowest BCUT2D eigenvalue weighted by Crippen LogP contribution is -2.11. The number of para-hydroxylation sites is 1. The summed E-state index contributed by atoms with van der Waals surface area (Å²) >= 11 is 0. The fourth-order valence-corrected chi connectivity index (χ4v) is 6.90. The van der Waals surface area contributed by atoms with Crippen molar-refractivity contribution in [1.82, 2.24) is 0 Å². The maximum absolute atomic E-state index is 6.49. The highest BCUT2D eigenvalue weighted by molar-refractivity contribution is 6.20. The Morgan fingerprint density at radius 3 is 1.61 bits per heavy atom. The molecule has 9 aromatic rings. The van der Waals surface area contributed by atoms with Gasteiger partial charge in [-0.2, -0.15) is 0 Å². The van der Waals surface area contributed by atoms with Crippen LogP contribution in [-0.4, -0.2) is 0 Å². The van der Waals surface area contributed by atoms with E-state index in [0.29, 0.717) is 0 Å². The van der Waals surface area contributed by atoms with Crippen LogP contribution in [0.2, 0.25) is 0 Å². The van der Waals surface area contributed by atoms with Gasteiger partial charge in [-0.25, -0.2) is 0 Å². The molecule has 0 radical (unpaired) electrons. The number of anilines is 3. The molecule has 0 aliphatic rings. The summed E-state index contributed by atoms with van der Waals surface area (Å²) in [6.45, 7) is 0. The third-order valence-corrected chi connectivity index (χ3v) is 9.06. The number of hydrogen-bond donors (Lipinski definition) is 0. The van der Waals surface area contributed by atoms with Gasteiger partial charge in [0.2, 0.25) is 0 Å². The van der Waals surface area contributed by atoms with Gasteiger partial charge in [-0.3, -0.25) is 0 Å². The Balaban J connectivity index is 1.35. The molecule has 0 unspecified atom stereocenters. The summed E-state index contributed by atoms with van der Waals surface area (Å²) in [7, 11) is 0. The molecule has 0 amide bonds. The molecule has 1 aromatic heterocycles. The highest BCUT2D eigenvalue weighted by Crippen LogP contribution is 2.47. The fraction of sp³-hybridized carbons (Fsp3) is 0. The molecule has 0 bridgehead atoms. The third-order valence-electron chi connectivity index (χ3n) is 9.06. The lowest BCUT2D eigenvalue weighted by Gasteiger charge is -2.29. The highest BCUT2D eigenvalue weighted by Gasteiger charge is 2.22. The van der Waals surface area contributed by atoms with E-state index in [0.717, 1.165) is 49.8 Å². The second-order valence-electron chi connectivity index (χ2n) is 11.7. The minimum atomic E-state index is 0.899. The van der Waals surface area contributed by atoms with Crippen LogP contribution in [0.25, 0.3) is 65.7 Å². The van der Waals surface area contributed by atoms with Crippen LogP contribution in [0.3, 0.4) is 0 Å². The Bertz CT molecular complexity index is 2510. The van der Waals surface area contributed by atoms with Crippen molar-refractivity contribution in [2.75, 3.05) is 4.90 Å². The molecule has 2 nitrogen and oxygen atoms in total. The minimum absolute atomic E-state index is 0.899. The summed E-state index contributed by atoms with van der Waals surface area (Å²) in [6.07, 6.45) is 0. The van der Waals surface area contributed by atoms with Gasteiger partial charge >= 0.3 is 0 Å². The average Bonchev–Trinajstić information content (AvgIpc) is 3.52. The van der Waals surface area contributed by atoms with E-state index >= 15 is 0 Å². The van der Waals surface area contributed by atoms with Gasteiger partial charge in [-0.1, -0.05) is 146 Å². The van der Waals surface area contributed by atoms with E-state index < -0.39 is 0 Å². The number of rotatable bonds is 5. The quantitative estimate of drug-likeness (QED) is 0.199. The Morgan fingerprint density at radius 1 is 0.348 bits per heavy atom. The summed E-state index contributed by atoms with van der Waals surface area (Å²) in [5, 5.41) is 6.88. The Hall–Kier alpha value is -6.12. The molecule has 0 atom stereocenters. The van der Waals surface area contributed by atoms with Gasteiger partial charge in [0.05, 0.1) is 11.4 Å². The zero-order valence-electron chi connectivity index (χ0n) is 25.1. The second-order valence-corrected chi connectivity index (χ2v) is 11.7. The number of nitrogens with zero attached hydrogens (tertiary/aromatic N) is 1. The topological polar surface area (TPSA) is 16.4 Å². The minimum Gasteiger partial charge on any atom is -0.455 e. The molecule has 216 valence electrons. The first-order valence-electron chi connectivity index (χ1n) is 15.7. The predicted molar refractivity (Wildman–Crippen MR) is 194 cm³/mol. The van der Waals surface area contributed by atoms with Crippen LogP contribution < -0.4 is 4.90 Å². The summed E-state index contributed by atoms with van der Waals surface area (Å²) in [6, 6.07) is 62.7. The first-order chi connectivity index (χ1) is 22.8. The van der Waals surface area contributed by atoms with Crippen molar-refractivity contribution < 1.29 is 4.42 Å². The molecular weight excluding hydrogens is 558 g/mol. The molecule has 0 N–H and O–H groups in total. The second kappa shape index (κ2) is 10.8. The van der Waals surface area contributed by atoms with Crippen LogP contribution in [-0.2, 0) is 0 Å². The summed E-state index contributed by atoms with van der Waals surface area (Å²) in [5.41, 5.74) is 9.97. The average molecular weight is 588 g/mol. The third kappa shape index (κ3) is 4.27. The van der Waals surface area contributed by atoms with Crippen LogP contribution in [0.4, 0.5) is 17.1 Å². The molecule has 0 fully saturated rings. The van der Waals surface area contributed by atoms with E-state index in [1.807, 2.05) is 6.07 Å². The first kappa shape index (κ1) is 26.3. The van der Waals surface area contributed by atoms with Crippen molar-refractivity contribution in [2.45, 2.75) is 0 Å². The van der Waals surface area contributed by atoms with Crippen LogP contribution in [0.5, 0.6) is 0 Å².